The number of benzene rings is 1. The van der Waals surface area contributed by atoms with Gasteiger partial charge in [-0.3, -0.25) is 4.79 Å². The molecule has 3 aromatic rings. The summed E-state index contributed by atoms with van der Waals surface area (Å²) >= 11 is 1.47. The number of rotatable bonds is 5. The van der Waals surface area contributed by atoms with E-state index in [0.717, 1.165) is 10.1 Å². The first-order valence-electron chi connectivity index (χ1n) is 6.66. The van der Waals surface area contributed by atoms with E-state index in [1.165, 1.54) is 17.6 Å². The quantitative estimate of drug-likeness (QED) is 0.735. The fourth-order valence-electron chi connectivity index (χ4n) is 1.99. The van der Waals surface area contributed by atoms with Gasteiger partial charge in [0, 0.05) is 15.5 Å². The highest BCUT2D eigenvalue weighted by Crippen LogP contribution is 2.26. The Bertz CT molecular complexity index is 791. The Hall–Kier alpha value is -2.60. The van der Waals surface area contributed by atoms with Gasteiger partial charge in [-0.2, -0.15) is 0 Å². The highest BCUT2D eigenvalue weighted by atomic mass is 32.1. The number of furan rings is 1. The van der Waals surface area contributed by atoms with Crippen molar-refractivity contribution in [2.24, 2.45) is 0 Å². The Morgan fingerprint density at radius 3 is 2.86 bits per heavy atom. The molecule has 0 aliphatic heterocycles. The van der Waals surface area contributed by atoms with Crippen molar-refractivity contribution in [2.45, 2.75) is 6.54 Å². The Kier molecular flexibility index (Phi) is 4.20. The van der Waals surface area contributed by atoms with Crippen LogP contribution < -0.4 is 5.32 Å². The normalized spacial score (nSPS) is 10.5. The second-order valence-corrected chi connectivity index (χ2v) is 5.49. The monoisotopic (exact) mass is 315 g/mol. The van der Waals surface area contributed by atoms with Gasteiger partial charge >= 0.3 is 5.97 Å². The molecular weight excluding hydrogens is 302 g/mol. The van der Waals surface area contributed by atoms with E-state index in [-0.39, 0.29) is 19.1 Å². The van der Waals surface area contributed by atoms with Gasteiger partial charge in [0.05, 0.1) is 18.4 Å². The average molecular weight is 315 g/mol. The molecule has 22 heavy (non-hydrogen) atoms. The number of hydrogen-bond donors (Lipinski definition) is 1. The zero-order valence-corrected chi connectivity index (χ0v) is 12.4. The first-order chi connectivity index (χ1) is 10.7. The number of hydrogen-bond acceptors (Lipinski definition) is 5. The number of thiophene rings is 1. The SMILES string of the molecule is O=C(COC(=O)c1csc2ccccc12)NCc1ccco1. The minimum Gasteiger partial charge on any atom is -0.467 e. The van der Waals surface area contributed by atoms with Crippen molar-refractivity contribution in [1.82, 2.24) is 5.32 Å². The van der Waals surface area contributed by atoms with E-state index in [2.05, 4.69) is 5.32 Å². The molecule has 3 rings (SSSR count). The first kappa shape index (κ1) is 14.3. The third kappa shape index (κ3) is 3.17. The van der Waals surface area contributed by atoms with Crippen LogP contribution in [0.1, 0.15) is 16.1 Å². The van der Waals surface area contributed by atoms with Crippen LogP contribution in [0.25, 0.3) is 10.1 Å². The fraction of sp³-hybridized carbons (Fsp3) is 0.125. The van der Waals surface area contributed by atoms with Gasteiger partial charge in [0.15, 0.2) is 6.61 Å². The van der Waals surface area contributed by atoms with Crippen LogP contribution in [0, 0.1) is 0 Å². The summed E-state index contributed by atoms with van der Waals surface area (Å²) in [7, 11) is 0. The number of esters is 1. The van der Waals surface area contributed by atoms with Gasteiger partial charge in [-0.25, -0.2) is 4.79 Å². The van der Waals surface area contributed by atoms with Crippen molar-refractivity contribution < 1.29 is 18.7 Å². The maximum absolute atomic E-state index is 12.0. The van der Waals surface area contributed by atoms with Crippen LogP contribution in [-0.2, 0) is 16.1 Å². The molecule has 0 bridgehead atoms. The summed E-state index contributed by atoms with van der Waals surface area (Å²) in [6, 6.07) is 11.1. The van der Waals surface area contributed by atoms with E-state index >= 15 is 0 Å². The molecule has 0 saturated heterocycles. The Morgan fingerprint density at radius 1 is 1.18 bits per heavy atom. The fourth-order valence-corrected chi connectivity index (χ4v) is 2.92. The average Bonchev–Trinajstić information content (AvgIpc) is 3.19. The van der Waals surface area contributed by atoms with Gasteiger partial charge < -0.3 is 14.5 Å². The third-order valence-corrected chi connectivity index (χ3v) is 4.04. The van der Waals surface area contributed by atoms with Crippen molar-refractivity contribution in [3.05, 3.63) is 59.4 Å². The summed E-state index contributed by atoms with van der Waals surface area (Å²) in [5, 5.41) is 5.20. The van der Waals surface area contributed by atoms with Gasteiger partial charge in [-0.1, -0.05) is 18.2 Å². The van der Waals surface area contributed by atoms with Crippen molar-refractivity contribution >= 4 is 33.3 Å². The van der Waals surface area contributed by atoms with Crippen LogP contribution in [-0.4, -0.2) is 18.5 Å². The molecule has 0 aliphatic carbocycles. The summed E-state index contributed by atoms with van der Waals surface area (Å²) in [6.07, 6.45) is 1.53. The molecule has 0 aliphatic rings. The predicted octanol–water partition coefficient (Wildman–Crippen LogP) is 2.97. The van der Waals surface area contributed by atoms with E-state index in [4.69, 9.17) is 9.15 Å². The molecule has 2 aromatic heterocycles. The Morgan fingerprint density at radius 2 is 2.05 bits per heavy atom. The molecule has 0 spiro atoms. The van der Waals surface area contributed by atoms with E-state index < -0.39 is 5.97 Å². The van der Waals surface area contributed by atoms with Crippen molar-refractivity contribution in [1.29, 1.82) is 0 Å². The zero-order valence-electron chi connectivity index (χ0n) is 11.6. The van der Waals surface area contributed by atoms with Gasteiger partial charge in [0.2, 0.25) is 0 Å². The topological polar surface area (TPSA) is 68.5 Å². The summed E-state index contributed by atoms with van der Waals surface area (Å²) in [6.45, 7) is -0.0471. The molecular formula is C16H13NO4S. The maximum Gasteiger partial charge on any atom is 0.340 e. The van der Waals surface area contributed by atoms with Crippen LogP contribution >= 0.6 is 11.3 Å². The maximum atomic E-state index is 12.0. The minimum atomic E-state index is -0.495. The largest absolute Gasteiger partial charge is 0.467 e. The van der Waals surface area contributed by atoms with E-state index in [1.54, 1.807) is 17.5 Å². The smallest absolute Gasteiger partial charge is 0.340 e. The van der Waals surface area contributed by atoms with Crippen LogP contribution in [0.4, 0.5) is 0 Å². The molecule has 0 fully saturated rings. The van der Waals surface area contributed by atoms with Crippen LogP contribution in [0.2, 0.25) is 0 Å². The van der Waals surface area contributed by atoms with Gasteiger partial charge in [0.25, 0.3) is 5.91 Å². The predicted molar refractivity (Wildman–Crippen MR) is 82.7 cm³/mol. The molecule has 0 saturated carbocycles. The summed E-state index contributed by atoms with van der Waals surface area (Å²) < 4.78 is 11.2. The zero-order chi connectivity index (χ0) is 15.4. The molecule has 5 nitrogen and oxygen atoms in total. The number of ether oxygens (including phenoxy) is 1. The summed E-state index contributed by atoms with van der Waals surface area (Å²) in [4.78, 5) is 23.7. The number of carbonyl (C=O) groups is 2. The molecule has 1 amide bonds. The highest BCUT2D eigenvalue weighted by molar-refractivity contribution is 7.17. The third-order valence-electron chi connectivity index (χ3n) is 3.08. The van der Waals surface area contributed by atoms with E-state index in [0.29, 0.717) is 11.3 Å². The Labute approximate surface area is 130 Å². The number of carbonyl (C=O) groups excluding carboxylic acids is 2. The number of nitrogens with one attached hydrogen (secondary N) is 1. The molecule has 2 heterocycles. The van der Waals surface area contributed by atoms with E-state index in [9.17, 15) is 9.59 Å². The van der Waals surface area contributed by atoms with Crippen molar-refractivity contribution in [2.75, 3.05) is 6.61 Å². The lowest BCUT2D eigenvalue weighted by atomic mass is 10.2. The molecule has 1 N–H and O–H groups in total. The van der Waals surface area contributed by atoms with Crippen LogP contribution in [0.15, 0.2) is 52.5 Å². The van der Waals surface area contributed by atoms with Gasteiger partial charge in [-0.15, -0.1) is 11.3 Å². The number of amides is 1. The second-order valence-electron chi connectivity index (χ2n) is 4.58. The lowest BCUT2D eigenvalue weighted by molar-refractivity contribution is -0.124. The molecule has 1 aromatic carbocycles. The summed E-state index contributed by atoms with van der Waals surface area (Å²) in [5.41, 5.74) is 0.486. The standard InChI is InChI=1S/C16H13NO4S/c18-15(17-8-11-4-3-7-20-11)9-21-16(19)13-10-22-14-6-2-1-5-12(13)14/h1-7,10H,8-9H2,(H,17,18). The summed E-state index contributed by atoms with van der Waals surface area (Å²) in [5.74, 6) is -0.224. The van der Waals surface area contributed by atoms with Gasteiger partial charge in [0.1, 0.15) is 5.76 Å². The Balaban J connectivity index is 1.54. The second kappa shape index (κ2) is 6.44. The highest BCUT2D eigenvalue weighted by Gasteiger charge is 2.14. The number of fused-ring (bicyclic) bond motifs is 1. The van der Waals surface area contributed by atoms with Crippen LogP contribution in [0.5, 0.6) is 0 Å². The molecule has 6 heteroatoms. The van der Waals surface area contributed by atoms with Crippen molar-refractivity contribution in [3.8, 4) is 0 Å². The van der Waals surface area contributed by atoms with Gasteiger partial charge in [-0.05, 0) is 18.2 Å². The van der Waals surface area contributed by atoms with Crippen LogP contribution in [0.3, 0.4) is 0 Å². The van der Waals surface area contributed by atoms with E-state index in [1.807, 2.05) is 24.3 Å². The van der Waals surface area contributed by atoms with Crippen molar-refractivity contribution in [3.63, 3.8) is 0 Å². The lowest BCUT2D eigenvalue weighted by Gasteiger charge is -2.05. The molecule has 0 radical (unpaired) electrons. The lowest BCUT2D eigenvalue weighted by Crippen LogP contribution is -2.28. The molecule has 112 valence electrons. The molecule has 0 unspecified atom stereocenters. The molecule has 0 atom stereocenters. The minimum absolute atomic E-state index is 0.269. The first-order valence-corrected chi connectivity index (χ1v) is 7.54.